The smallest absolute Gasteiger partial charge is 0.337 e. The Hall–Kier alpha value is -4.01. The normalized spacial score (nSPS) is 16.4. The van der Waals surface area contributed by atoms with E-state index in [-0.39, 0.29) is 39.2 Å². The van der Waals surface area contributed by atoms with Crippen molar-refractivity contribution in [1.29, 1.82) is 0 Å². The second-order valence-electron chi connectivity index (χ2n) is 8.76. The number of hydrogen-bond acceptors (Lipinski definition) is 7. The minimum Gasteiger partial charge on any atom is -0.507 e. The van der Waals surface area contributed by atoms with E-state index in [9.17, 15) is 19.5 Å². The largest absolute Gasteiger partial charge is 0.507 e. The molecule has 39 heavy (non-hydrogen) atoms. The van der Waals surface area contributed by atoms with Gasteiger partial charge in [-0.15, -0.1) is 0 Å². The predicted molar refractivity (Wildman–Crippen MR) is 146 cm³/mol. The zero-order valence-electron chi connectivity index (χ0n) is 21.6. The second kappa shape index (κ2) is 11.4. The predicted octanol–water partition coefficient (Wildman–Crippen LogP) is 5.73. The number of methoxy groups -OCH3 is 3. The number of aryl methyl sites for hydroxylation is 1. The van der Waals surface area contributed by atoms with E-state index in [1.54, 1.807) is 36.4 Å². The first kappa shape index (κ1) is 28.0. The van der Waals surface area contributed by atoms with Crippen molar-refractivity contribution in [2.24, 2.45) is 0 Å². The lowest BCUT2D eigenvalue weighted by Gasteiger charge is -2.27. The van der Waals surface area contributed by atoms with Gasteiger partial charge in [0, 0.05) is 6.54 Å². The van der Waals surface area contributed by atoms with Crippen molar-refractivity contribution in [2.75, 3.05) is 21.3 Å². The quantitative estimate of drug-likeness (QED) is 0.168. The van der Waals surface area contributed by atoms with Crippen molar-refractivity contribution in [1.82, 2.24) is 4.90 Å². The third-order valence-corrected chi connectivity index (χ3v) is 7.17. The van der Waals surface area contributed by atoms with Crippen LogP contribution in [0.1, 0.15) is 38.7 Å². The summed E-state index contributed by atoms with van der Waals surface area (Å²) in [6.07, 6.45) is 0. The van der Waals surface area contributed by atoms with Crippen LogP contribution in [-0.4, -0.2) is 49.0 Å². The third-order valence-electron chi connectivity index (χ3n) is 6.55. The van der Waals surface area contributed by atoms with Crippen LogP contribution in [-0.2, 0) is 20.9 Å². The van der Waals surface area contributed by atoms with Gasteiger partial charge in [0.1, 0.15) is 10.8 Å². The number of aliphatic hydroxyl groups excluding tert-OH is 1. The van der Waals surface area contributed by atoms with Gasteiger partial charge in [0.15, 0.2) is 11.5 Å². The van der Waals surface area contributed by atoms with E-state index in [1.165, 1.54) is 32.3 Å². The number of hydrogen-bond donors (Lipinski definition) is 1. The minimum atomic E-state index is -0.934. The van der Waals surface area contributed by atoms with Crippen LogP contribution in [0.3, 0.4) is 0 Å². The third kappa shape index (κ3) is 5.05. The van der Waals surface area contributed by atoms with E-state index in [0.29, 0.717) is 16.7 Å². The van der Waals surface area contributed by atoms with Gasteiger partial charge in [-0.05, 0) is 41.8 Å². The molecule has 0 spiro atoms. The van der Waals surface area contributed by atoms with Crippen molar-refractivity contribution in [3.05, 3.63) is 98.0 Å². The first-order valence-corrected chi connectivity index (χ1v) is 12.5. The van der Waals surface area contributed by atoms with Gasteiger partial charge in [-0.3, -0.25) is 9.59 Å². The Bertz CT molecular complexity index is 1500. The number of amides is 1. The number of benzene rings is 3. The molecule has 8 nitrogen and oxygen atoms in total. The molecule has 3 aromatic rings. The van der Waals surface area contributed by atoms with Gasteiger partial charge in [0.2, 0.25) is 0 Å². The fourth-order valence-electron chi connectivity index (χ4n) is 4.61. The van der Waals surface area contributed by atoms with Crippen LogP contribution < -0.4 is 9.47 Å². The van der Waals surface area contributed by atoms with E-state index in [0.717, 1.165) is 5.56 Å². The summed E-state index contributed by atoms with van der Waals surface area (Å²) in [5.74, 6) is -2.49. The monoisotopic (exact) mass is 569 g/mol. The van der Waals surface area contributed by atoms with E-state index >= 15 is 0 Å². The second-order valence-corrected chi connectivity index (χ2v) is 9.54. The van der Waals surface area contributed by atoms with Crippen LogP contribution >= 0.6 is 23.2 Å². The number of likely N-dealkylation sites (tertiary alicyclic amines) is 1. The Morgan fingerprint density at radius 1 is 0.974 bits per heavy atom. The first-order chi connectivity index (χ1) is 18.6. The zero-order chi connectivity index (χ0) is 28.4. The van der Waals surface area contributed by atoms with E-state index in [2.05, 4.69) is 0 Å². The highest BCUT2D eigenvalue weighted by molar-refractivity contribution is 6.47. The molecule has 1 fully saturated rings. The summed E-state index contributed by atoms with van der Waals surface area (Å²) in [5.41, 5.74) is 2.35. The van der Waals surface area contributed by atoms with Crippen molar-refractivity contribution in [3.63, 3.8) is 0 Å². The van der Waals surface area contributed by atoms with Gasteiger partial charge in [-0.25, -0.2) is 4.79 Å². The van der Waals surface area contributed by atoms with E-state index in [1.807, 2.05) is 19.1 Å². The molecule has 3 aromatic carbocycles. The fourth-order valence-corrected chi connectivity index (χ4v) is 5.30. The molecule has 1 heterocycles. The van der Waals surface area contributed by atoms with Gasteiger partial charge in [0.25, 0.3) is 11.7 Å². The lowest BCUT2D eigenvalue weighted by atomic mass is 9.92. The fraction of sp³-hybridized carbons (Fsp3) is 0.207. The van der Waals surface area contributed by atoms with E-state index in [4.69, 9.17) is 37.4 Å². The molecule has 1 aliphatic heterocycles. The Morgan fingerprint density at radius 2 is 1.62 bits per heavy atom. The lowest BCUT2D eigenvalue weighted by Crippen LogP contribution is -2.29. The van der Waals surface area contributed by atoms with Crippen LogP contribution in [0.25, 0.3) is 5.76 Å². The molecular weight excluding hydrogens is 545 g/mol. The average Bonchev–Trinajstić information content (AvgIpc) is 3.17. The van der Waals surface area contributed by atoms with Crippen LogP contribution in [0, 0.1) is 6.92 Å². The molecule has 202 valence electrons. The zero-order valence-corrected chi connectivity index (χ0v) is 23.1. The van der Waals surface area contributed by atoms with Crippen LogP contribution in [0.5, 0.6) is 11.5 Å². The number of carbonyl (C=O) groups excluding carboxylic acids is 3. The molecule has 1 aliphatic rings. The molecule has 1 N–H and O–H groups in total. The maximum atomic E-state index is 13.5. The number of halogens is 2. The number of Topliss-reactive ketones (excluding diaryl/α,β-unsaturated/α-hetero) is 1. The number of ketones is 1. The van der Waals surface area contributed by atoms with Crippen LogP contribution in [0.2, 0.25) is 10.0 Å². The number of aliphatic hydroxyl groups is 1. The highest BCUT2D eigenvalue weighted by Gasteiger charge is 2.47. The number of rotatable bonds is 7. The topological polar surface area (TPSA) is 102 Å². The van der Waals surface area contributed by atoms with Crippen molar-refractivity contribution >= 4 is 46.6 Å². The van der Waals surface area contributed by atoms with Gasteiger partial charge in [0.05, 0.1) is 49.1 Å². The van der Waals surface area contributed by atoms with Gasteiger partial charge < -0.3 is 24.2 Å². The first-order valence-electron chi connectivity index (χ1n) is 11.8. The summed E-state index contributed by atoms with van der Waals surface area (Å²) in [7, 11) is 4.02. The standard InChI is InChI=1S/C29H25Cl2NO7/c1-15-7-5-6-8-18(15)23-21(24(33)19-13-20(30)27(38-3)22(31)26(19)37-2)25(34)28(35)32(23)14-16-9-11-17(12-10-16)29(36)39-4/h5-13,23,33H,14H2,1-4H3/b24-21+. The summed E-state index contributed by atoms with van der Waals surface area (Å²) in [5, 5.41) is 11.6. The molecule has 1 amide bonds. The maximum Gasteiger partial charge on any atom is 0.337 e. The van der Waals surface area contributed by atoms with Crippen LogP contribution in [0.15, 0.2) is 60.2 Å². The number of ether oxygens (including phenoxy) is 3. The molecule has 0 saturated carbocycles. The molecule has 1 unspecified atom stereocenters. The van der Waals surface area contributed by atoms with Crippen LogP contribution in [0.4, 0.5) is 0 Å². The molecule has 10 heteroatoms. The number of carbonyl (C=O) groups is 3. The summed E-state index contributed by atoms with van der Waals surface area (Å²) in [6, 6.07) is 14.2. The molecule has 1 atom stereocenters. The summed E-state index contributed by atoms with van der Waals surface area (Å²) in [4.78, 5) is 40.1. The summed E-state index contributed by atoms with van der Waals surface area (Å²) >= 11 is 12.8. The Balaban J connectivity index is 1.90. The summed E-state index contributed by atoms with van der Waals surface area (Å²) < 4.78 is 15.4. The molecule has 0 aromatic heterocycles. The van der Waals surface area contributed by atoms with Crippen molar-refractivity contribution < 1.29 is 33.7 Å². The Morgan fingerprint density at radius 3 is 2.21 bits per heavy atom. The Kier molecular flexibility index (Phi) is 8.18. The van der Waals surface area contributed by atoms with Gasteiger partial charge in [-0.1, -0.05) is 59.6 Å². The molecule has 4 rings (SSSR count). The van der Waals surface area contributed by atoms with Gasteiger partial charge >= 0.3 is 5.97 Å². The number of nitrogens with zero attached hydrogens (tertiary/aromatic N) is 1. The maximum absolute atomic E-state index is 13.5. The lowest BCUT2D eigenvalue weighted by molar-refractivity contribution is -0.140. The average molecular weight is 570 g/mol. The highest BCUT2D eigenvalue weighted by Crippen LogP contribution is 2.47. The molecular formula is C29H25Cl2NO7. The van der Waals surface area contributed by atoms with E-state index < -0.39 is 29.5 Å². The number of esters is 1. The van der Waals surface area contributed by atoms with Crippen molar-refractivity contribution in [2.45, 2.75) is 19.5 Å². The summed E-state index contributed by atoms with van der Waals surface area (Å²) in [6.45, 7) is 1.88. The van der Waals surface area contributed by atoms with Gasteiger partial charge in [-0.2, -0.15) is 0 Å². The minimum absolute atomic E-state index is 0.00131. The van der Waals surface area contributed by atoms with Crippen molar-refractivity contribution in [3.8, 4) is 11.5 Å². The molecule has 0 aliphatic carbocycles. The highest BCUT2D eigenvalue weighted by atomic mass is 35.5. The SMILES string of the molecule is COC(=O)c1ccc(CN2C(=O)C(=O)/C(=C(/O)c3cc(Cl)c(OC)c(Cl)c3OC)C2c2ccccc2C)cc1. The Labute approximate surface area is 235 Å². The molecule has 0 radical (unpaired) electrons. The molecule has 1 saturated heterocycles. The molecule has 0 bridgehead atoms.